The second-order valence-electron chi connectivity index (χ2n) is 7.74. The van der Waals surface area contributed by atoms with Gasteiger partial charge in [-0.3, -0.25) is 19.2 Å². The molecule has 2 amide bonds. The normalized spacial score (nSPS) is 18.7. The van der Waals surface area contributed by atoms with Crippen LogP contribution in [-0.2, 0) is 19.9 Å². The molecule has 31 heavy (non-hydrogen) atoms. The molecule has 0 spiro atoms. The van der Waals surface area contributed by atoms with Gasteiger partial charge in [-0.1, -0.05) is 0 Å². The molecule has 12 nitrogen and oxygen atoms in total. The van der Waals surface area contributed by atoms with E-state index in [1.807, 2.05) is 13.8 Å². The van der Waals surface area contributed by atoms with Crippen molar-refractivity contribution in [2.45, 2.75) is 31.4 Å². The summed E-state index contributed by atoms with van der Waals surface area (Å²) in [6.45, 7) is 4.36. The Kier molecular flexibility index (Phi) is 6.19. The fourth-order valence-corrected chi connectivity index (χ4v) is 3.01. The molecule has 2 aromatic heterocycles. The highest BCUT2D eigenvalue weighted by molar-refractivity contribution is 6.03. The van der Waals surface area contributed by atoms with Gasteiger partial charge in [0.25, 0.3) is 5.91 Å². The molecule has 3 heterocycles. The zero-order valence-electron chi connectivity index (χ0n) is 17.5. The van der Waals surface area contributed by atoms with E-state index in [1.54, 1.807) is 23.1 Å². The maximum atomic E-state index is 12.3. The van der Waals surface area contributed by atoms with Gasteiger partial charge in [0, 0.05) is 39.0 Å². The van der Waals surface area contributed by atoms with E-state index in [0.29, 0.717) is 12.2 Å². The van der Waals surface area contributed by atoms with Crippen molar-refractivity contribution in [2.24, 2.45) is 0 Å². The fourth-order valence-electron chi connectivity index (χ4n) is 3.01. The summed E-state index contributed by atoms with van der Waals surface area (Å²) >= 11 is 0. The van der Waals surface area contributed by atoms with Gasteiger partial charge in [0.05, 0.1) is 17.4 Å². The Morgan fingerprint density at radius 1 is 1.48 bits per heavy atom. The standard InChI is InChI=1S/C19H24N8O4/c1-18(2,12-22-15(28)10-31-3)27-9-13(8-23-27)24-17-21-6-4-14(25-17)26-7-5-19(30,11-20)16(26)29/h4,6,8-9,30H,5,7,10,12H2,1-3H3,(H,22,28)(H,21,24,25)/t19-/m0/s1. The number of rotatable bonds is 8. The topological polar surface area (TPSA) is 158 Å². The number of amides is 2. The van der Waals surface area contributed by atoms with Gasteiger partial charge in [-0.25, -0.2) is 4.98 Å². The van der Waals surface area contributed by atoms with Crippen LogP contribution in [0.3, 0.4) is 0 Å². The van der Waals surface area contributed by atoms with Crippen molar-refractivity contribution in [1.82, 2.24) is 25.1 Å². The number of hydrogen-bond donors (Lipinski definition) is 3. The molecule has 1 fully saturated rings. The van der Waals surface area contributed by atoms with Gasteiger partial charge in [0.2, 0.25) is 17.5 Å². The predicted molar refractivity (Wildman–Crippen MR) is 109 cm³/mol. The molecule has 12 heteroatoms. The molecule has 0 aliphatic carbocycles. The lowest BCUT2D eigenvalue weighted by molar-refractivity contribution is -0.128. The van der Waals surface area contributed by atoms with Crippen LogP contribution >= 0.6 is 0 Å². The van der Waals surface area contributed by atoms with Crippen molar-refractivity contribution in [3.8, 4) is 6.07 Å². The molecule has 164 valence electrons. The lowest BCUT2D eigenvalue weighted by Crippen LogP contribution is -2.42. The Morgan fingerprint density at radius 3 is 2.94 bits per heavy atom. The van der Waals surface area contributed by atoms with Gasteiger partial charge in [-0.15, -0.1) is 0 Å². The third kappa shape index (κ3) is 4.79. The lowest BCUT2D eigenvalue weighted by Gasteiger charge is -2.25. The highest BCUT2D eigenvalue weighted by Crippen LogP contribution is 2.27. The highest BCUT2D eigenvalue weighted by atomic mass is 16.5. The maximum absolute atomic E-state index is 12.3. The van der Waals surface area contributed by atoms with Crippen LogP contribution < -0.4 is 15.5 Å². The van der Waals surface area contributed by atoms with Crippen LogP contribution in [0.4, 0.5) is 17.5 Å². The van der Waals surface area contributed by atoms with Crippen LogP contribution in [-0.4, -0.2) is 69.1 Å². The first-order chi connectivity index (χ1) is 14.7. The number of ether oxygens (including phenoxy) is 1. The number of carbonyl (C=O) groups is 2. The Morgan fingerprint density at radius 2 is 2.26 bits per heavy atom. The molecular formula is C19H24N8O4. The van der Waals surface area contributed by atoms with Crippen LogP contribution in [0.1, 0.15) is 20.3 Å². The fraction of sp³-hybridized carbons (Fsp3) is 0.474. The molecule has 0 saturated carbocycles. The molecule has 1 aliphatic rings. The zero-order chi connectivity index (χ0) is 22.6. The van der Waals surface area contributed by atoms with Crippen molar-refractivity contribution in [3.63, 3.8) is 0 Å². The average molecular weight is 428 g/mol. The van der Waals surface area contributed by atoms with Gasteiger partial charge in [-0.05, 0) is 19.9 Å². The first-order valence-electron chi connectivity index (χ1n) is 9.55. The van der Waals surface area contributed by atoms with Crippen molar-refractivity contribution in [3.05, 3.63) is 24.7 Å². The number of methoxy groups -OCH3 is 1. The second-order valence-corrected chi connectivity index (χ2v) is 7.74. The lowest BCUT2D eigenvalue weighted by atomic mass is 10.1. The molecule has 0 bridgehead atoms. The first-order valence-corrected chi connectivity index (χ1v) is 9.55. The van der Waals surface area contributed by atoms with Gasteiger partial charge in [-0.2, -0.15) is 15.3 Å². The summed E-state index contributed by atoms with van der Waals surface area (Å²) in [6.07, 6.45) is 4.82. The number of nitrogens with one attached hydrogen (secondary N) is 2. The molecule has 1 atom stereocenters. The number of anilines is 3. The SMILES string of the molecule is COCC(=O)NCC(C)(C)n1cc(Nc2nccc(N3CC[C@](O)(C#N)C3=O)n2)cn1. The third-order valence-corrected chi connectivity index (χ3v) is 4.85. The van der Waals surface area contributed by atoms with Crippen LogP contribution in [0, 0.1) is 11.3 Å². The Labute approximate surface area is 178 Å². The summed E-state index contributed by atoms with van der Waals surface area (Å²) in [4.78, 5) is 33.7. The molecule has 1 aliphatic heterocycles. The summed E-state index contributed by atoms with van der Waals surface area (Å²) < 4.78 is 6.50. The Bertz CT molecular complexity index is 1010. The number of aliphatic hydroxyl groups is 1. The smallest absolute Gasteiger partial charge is 0.275 e. The maximum Gasteiger partial charge on any atom is 0.275 e. The van der Waals surface area contributed by atoms with Crippen molar-refractivity contribution >= 4 is 29.3 Å². The molecule has 3 rings (SSSR count). The van der Waals surface area contributed by atoms with E-state index in [9.17, 15) is 14.7 Å². The minimum absolute atomic E-state index is 0.0118. The molecule has 1 saturated heterocycles. The molecular weight excluding hydrogens is 404 g/mol. The zero-order valence-corrected chi connectivity index (χ0v) is 17.5. The molecule has 0 aromatic carbocycles. The van der Waals surface area contributed by atoms with Crippen molar-refractivity contribution in [2.75, 3.05) is 37.0 Å². The van der Waals surface area contributed by atoms with Gasteiger partial charge >= 0.3 is 0 Å². The van der Waals surface area contributed by atoms with E-state index in [4.69, 9.17) is 10.00 Å². The van der Waals surface area contributed by atoms with Crippen molar-refractivity contribution < 1.29 is 19.4 Å². The monoisotopic (exact) mass is 428 g/mol. The number of hydrogen-bond acceptors (Lipinski definition) is 9. The molecule has 0 unspecified atom stereocenters. The van der Waals surface area contributed by atoms with Gasteiger partial charge in [0.1, 0.15) is 18.5 Å². The minimum atomic E-state index is -2.02. The summed E-state index contributed by atoms with van der Waals surface area (Å²) in [7, 11) is 1.45. The van der Waals surface area contributed by atoms with E-state index in [1.165, 1.54) is 24.3 Å². The molecule has 3 N–H and O–H groups in total. The van der Waals surface area contributed by atoms with Crippen LogP contribution in [0.5, 0.6) is 0 Å². The van der Waals surface area contributed by atoms with Crippen molar-refractivity contribution in [1.29, 1.82) is 5.26 Å². The van der Waals surface area contributed by atoms with Crippen LogP contribution in [0.2, 0.25) is 0 Å². The number of nitriles is 1. The quantitative estimate of drug-likeness (QED) is 0.488. The minimum Gasteiger partial charge on any atom is -0.375 e. The summed E-state index contributed by atoms with van der Waals surface area (Å²) in [5, 5.41) is 29.2. The number of carbonyl (C=O) groups excluding carboxylic acids is 2. The highest BCUT2D eigenvalue weighted by Gasteiger charge is 2.46. The van der Waals surface area contributed by atoms with E-state index in [2.05, 4.69) is 25.7 Å². The van der Waals surface area contributed by atoms with Gasteiger partial charge < -0.3 is 20.5 Å². The van der Waals surface area contributed by atoms with E-state index >= 15 is 0 Å². The second kappa shape index (κ2) is 8.66. The third-order valence-electron chi connectivity index (χ3n) is 4.85. The van der Waals surface area contributed by atoms with E-state index in [-0.39, 0.29) is 37.2 Å². The predicted octanol–water partition coefficient (Wildman–Crippen LogP) is -0.0942. The molecule has 0 radical (unpaired) electrons. The van der Waals surface area contributed by atoms with E-state index < -0.39 is 17.0 Å². The van der Waals surface area contributed by atoms with Crippen LogP contribution in [0.15, 0.2) is 24.7 Å². The Balaban J connectivity index is 1.69. The summed E-state index contributed by atoms with van der Waals surface area (Å²) in [5.41, 5.74) is -1.92. The Hall–Kier alpha value is -3.56. The van der Waals surface area contributed by atoms with E-state index in [0.717, 1.165) is 0 Å². The largest absolute Gasteiger partial charge is 0.375 e. The summed E-state index contributed by atoms with van der Waals surface area (Å²) in [6, 6.07) is 3.18. The number of nitrogens with zero attached hydrogens (tertiary/aromatic N) is 6. The van der Waals surface area contributed by atoms with Gasteiger partial charge in [0.15, 0.2) is 0 Å². The summed E-state index contributed by atoms with van der Waals surface area (Å²) in [5.74, 6) is -0.415. The first kappa shape index (κ1) is 22.1. The van der Waals surface area contributed by atoms with Crippen LogP contribution in [0.25, 0.3) is 0 Å². The molecule has 2 aromatic rings. The number of aromatic nitrogens is 4. The average Bonchev–Trinajstić information content (AvgIpc) is 3.33.